The van der Waals surface area contributed by atoms with Gasteiger partial charge < -0.3 is 0 Å². The van der Waals surface area contributed by atoms with Gasteiger partial charge in [0.15, 0.2) is 0 Å². The average molecular weight is 418 g/mol. The van der Waals surface area contributed by atoms with Gasteiger partial charge in [-0.1, -0.05) is 76.6 Å². The minimum Gasteiger partial charge on any atom is -0.253 e. The van der Waals surface area contributed by atoms with Gasteiger partial charge in [0.1, 0.15) is 0 Å². The predicted octanol–water partition coefficient (Wildman–Crippen LogP) is 8.38. The highest BCUT2D eigenvalue weighted by atomic mass is 32.1. The molecule has 0 aliphatic heterocycles. The molecule has 3 aliphatic carbocycles. The Morgan fingerprint density at radius 3 is 2.59 bits per heavy atom. The second kappa shape index (κ2) is 9.94. The van der Waals surface area contributed by atoms with Gasteiger partial charge in [-0.05, 0) is 100 Å². The van der Waals surface area contributed by atoms with E-state index in [-0.39, 0.29) is 0 Å². The van der Waals surface area contributed by atoms with Crippen LogP contribution in [0.2, 0.25) is 0 Å². The van der Waals surface area contributed by atoms with Crippen molar-refractivity contribution >= 4 is 12.8 Å². The number of fused-ring (bicyclic) bond motifs is 1. The standard InChI is InChI=1S/C27H47NS/c1-26(2,3)18-7-6-12-23-16-17-25-22(11-9-19-27(23,25)4)15-14-21-10-8-13-24(20-21)28(5)29/h14-15,23-25,29H,6-13,16-20H2,1-5H3/b21-14-,22-15+. The van der Waals surface area contributed by atoms with Crippen molar-refractivity contribution < 1.29 is 0 Å². The molecule has 0 aromatic rings. The molecule has 3 aliphatic rings. The van der Waals surface area contributed by atoms with Crippen LogP contribution >= 0.6 is 12.8 Å². The fraction of sp³-hybridized carbons (Fsp3) is 0.852. The zero-order valence-corrected chi connectivity index (χ0v) is 20.9. The maximum atomic E-state index is 4.56. The molecule has 0 saturated heterocycles. The van der Waals surface area contributed by atoms with Crippen molar-refractivity contribution in [3.8, 4) is 0 Å². The largest absolute Gasteiger partial charge is 0.253 e. The first kappa shape index (κ1) is 23.5. The molecule has 0 spiro atoms. The second-order valence-electron chi connectivity index (χ2n) is 11.9. The van der Waals surface area contributed by atoms with Gasteiger partial charge >= 0.3 is 0 Å². The van der Waals surface area contributed by atoms with E-state index in [9.17, 15) is 0 Å². The monoisotopic (exact) mass is 417 g/mol. The molecule has 3 saturated carbocycles. The highest BCUT2D eigenvalue weighted by Crippen LogP contribution is 2.58. The minimum absolute atomic E-state index is 0.496. The number of allylic oxidation sites excluding steroid dienone is 3. The lowest BCUT2D eigenvalue weighted by Crippen LogP contribution is -2.33. The van der Waals surface area contributed by atoms with Gasteiger partial charge in [-0.25, -0.2) is 0 Å². The van der Waals surface area contributed by atoms with Crippen molar-refractivity contribution in [2.75, 3.05) is 7.05 Å². The van der Waals surface area contributed by atoms with Crippen LogP contribution < -0.4 is 0 Å². The molecule has 166 valence electrons. The third-order valence-corrected chi connectivity index (χ3v) is 8.81. The maximum Gasteiger partial charge on any atom is 0.0234 e. The van der Waals surface area contributed by atoms with Crippen molar-refractivity contribution in [3.63, 3.8) is 0 Å². The van der Waals surface area contributed by atoms with E-state index in [1.165, 1.54) is 83.5 Å². The first-order valence-corrected chi connectivity index (χ1v) is 12.9. The normalized spacial score (nSPS) is 36.2. The van der Waals surface area contributed by atoms with Crippen LogP contribution in [0.3, 0.4) is 0 Å². The smallest absolute Gasteiger partial charge is 0.0234 e. The van der Waals surface area contributed by atoms with Gasteiger partial charge in [-0.2, -0.15) is 0 Å². The number of hydrogen-bond acceptors (Lipinski definition) is 2. The Labute approximate surface area is 187 Å². The first-order chi connectivity index (χ1) is 13.7. The molecule has 2 heteroatoms. The SMILES string of the molecule is CN(S)C1CCC/C(=C/C=C2\CCCC3(C)C(CCCCC(C)(C)C)CCC23)C1. The summed E-state index contributed by atoms with van der Waals surface area (Å²) in [4.78, 5) is 0. The summed E-state index contributed by atoms with van der Waals surface area (Å²) in [6.07, 6.45) is 23.0. The van der Waals surface area contributed by atoms with E-state index in [0.29, 0.717) is 16.9 Å². The Morgan fingerprint density at radius 1 is 1.07 bits per heavy atom. The summed E-state index contributed by atoms with van der Waals surface area (Å²) in [7, 11) is 2.11. The molecule has 0 aromatic heterocycles. The Hall–Kier alpha value is -0.210. The molecular formula is C27H47NS. The third-order valence-electron chi connectivity index (χ3n) is 8.48. The van der Waals surface area contributed by atoms with Crippen molar-refractivity contribution in [1.82, 2.24) is 4.31 Å². The maximum absolute atomic E-state index is 4.56. The van der Waals surface area contributed by atoms with Gasteiger partial charge in [0.2, 0.25) is 0 Å². The average Bonchev–Trinajstić information content (AvgIpc) is 2.99. The molecular weight excluding hydrogens is 370 g/mol. The van der Waals surface area contributed by atoms with E-state index in [4.69, 9.17) is 0 Å². The molecule has 0 radical (unpaired) electrons. The number of rotatable bonds is 6. The van der Waals surface area contributed by atoms with Crippen LogP contribution in [0.25, 0.3) is 0 Å². The molecule has 0 N–H and O–H groups in total. The highest BCUT2D eigenvalue weighted by molar-refractivity contribution is 7.77. The summed E-state index contributed by atoms with van der Waals surface area (Å²) in [5.41, 5.74) is 4.50. The molecule has 4 unspecified atom stereocenters. The Kier molecular flexibility index (Phi) is 8.04. The number of thiol groups is 1. The lowest BCUT2D eigenvalue weighted by Gasteiger charge is -2.42. The lowest BCUT2D eigenvalue weighted by atomic mass is 9.62. The molecule has 3 fully saturated rings. The number of unbranched alkanes of at least 4 members (excludes halogenated alkanes) is 1. The van der Waals surface area contributed by atoms with E-state index in [1.54, 1.807) is 11.1 Å². The van der Waals surface area contributed by atoms with E-state index in [1.807, 2.05) is 0 Å². The molecule has 3 rings (SSSR count). The first-order valence-electron chi connectivity index (χ1n) is 12.5. The van der Waals surface area contributed by atoms with Crippen LogP contribution in [0.15, 0.2) is 23.3 Å². The van der Waals surface area contributed by atoms with Gasteiger partial charge in [0, 0.05) is 6.04 Å². The van der Waals surface area contributed by atoms with Crippen LogP contribution in [0.1, 0.15) is 111 Å². The molecule has 0 amide bonds. The summed E-state index contributed by atoms with van der Waals surface area (Å²) in [6, 6.07) is 0.623. The van der Waals surface area contributed by atoms with E-state index in [2.05, 4.69) is 64.0 Å². The minimum atomic E-state index is 0.496. The Bertz CT molecular complexity index is 596. The van der Waals surface area contributed by atoms with Crippen LogP contribution in [0.5, 0.6) is 0 Å². The summed E-state index contributed by atoms with van der Waals surface area (Å²) in [6.45, 7) is 9.80. The fourth-order valence-corrected chi connectivity index (χ4v) is 6.83. The van der Waals surface area contributed by atoms with Crippen molar-refractivity contribution in [3.05, 3.63) is 23.3 Å². The Morgan fingerprint density at radius 2 is 1.86 bits per heavy atom. The zero-order valence-electron chi connectivity index (χ0n) is 20.0. The summed E-state index contributed by atoms with van der Waals surface area (Å²) in [5.74, 6) is 1.81. The van der Waals surface area contributed by atoms with Crippen LogP contribution in [0.4, 0.5) is 0 Å². The lowest BCUT2D eigenvalue weighted by molar-refractivity contribution is 0.126. The van der Waals surface area contributed by atoms with E-state index in [0.717, 1.165) is 11.8 Å². The van der Waals surface area contributed by atoms with Gasteiger partial charge in [-0.3, -0.25) is 4.31 Å². The number of hydrogen-bond donors (Lipinski definition) is 1. The topological polar surface area (TPSA) is 3.24 Å². The molecule has 0 aromatic carbocycles. The van der Waals surface area contributed by atoms with Crippen LogP contribution in [-0.4, -0.2) is 17.4 Å². The van der Waals surface area contributed by atoms with Gasteiger partial charge in [0.05, 0.1) is 0 Å². The summed E-state index contributed by atoms with van der Waals surface area (Å²) in [5, 5.41) is 0. The van der Waals surface area contributed by atoms with Crippen molar-refractivity contribution in [1.29, 1.82) is 0 Å². The van der Waals surface area contributed by atoms with Gasteiger partial charge in [0.25, 0.3) is 0 Å². The number of nitrogens with zero attached hydrogens (tertiary/aromatic N) is 1. The molecule has 29 heavy (non-hydrogen) atoms. The zero-order chi connectivity index (χ0) is 21.1. The summed E-state index contributed by atoms with van der Waals surface area (Å²) >= 11 is 4.56. The van der Waals surface area contributed by atoms with E-state index < -0.39 is 0 Å². The second-order valence-corrected chi connectivity index (χ2v) is 12.5. The third kappa shape index (κ3) is 6.16. The molecule has 0 bridgehead atoms. The van der Waals surface area contributed by atoms with Crippen molar-refractivity contribution in [2.45, 2.75) is 117 Å². The summed E-state index contributed by atoms with van der Waals surface area (Å²) < 4.78 is 2.12. The van der Waals surface area contributed by atoms with Gasteiger partial charge in [-0.15, -0.1) is 0 Å². The van der Waals surface area contributed by atoms with Crippen molar-refractivity contribution in [2.24, 2.45) is 22.7 Å². The van der Waals surface area contributed by atoms with E-state index >= 15 is 0 Å². The fourth-order valence-electron chi connectivity index (χ4n) is 6.63. The molecule has 1 nitrogen and oxygen atoms in total. The Balaban J connectivity index is 1.60. The molecule has 0 heterocycles. The predicted molar refractivity (Wildman–Crippen MR) is 131 cm³/mol. The highest BCUT2D eigenvalue weighted by Gasteiger charge is 2.48. The quantitative estimate of drug-likeness (QED) is 0.335. The van der Waals surface area contributed by atoms with Crippen LogP contribution in [-0.2, 0) is 0 Å². The van der Waals surface area contributed by atoms with Crippen LogP contribution in [0, 0.1) is 22.7 Å². The molecule has 4 atom stereocenters.